The Morgan fingerprint density at radius 2 is 0.600 bits per heavy atom. The normalized spacial score (nSPS) is 12.6. The number of hydrogen-bond acceptors (Lipinski definition) is 6. The summed E-state index contributed by atoms with van der Waals surface area (Å²) in [6.07, 6.45) is 67.5. The summed E-state index contributed by atoms with van der Waals surface area (Å²) in [4.78, 5) is 38.0. The van der Waals surface area contributed by atoms with E-state index in [-0.39, 0.29) is 37.5 Å². The number of esters is 3. The largest absolute Gasteiger partial charge is 0.462 e. The molecule has 0 saturated carbocycles. The van der Waals surface area contributed by atoms with Crippen LogP contribution in [0.15, 0.2) is 72.9 Å². The van der Waals surface area contributed by atoms with Crippen LogP contribution in [0.4, 0.5) is 0 Å². The molecule has 0 N–H and O–H groups in total. The highest BCUT2D eigenvalue weighted by molar-refractivity contribution is 5.71. The van der Waals surface area contributed by atoms with Crippen LogP contribution < -0.4 is 0 Å². The number of carbonyl (C=O) groups is 3. The van der Waals surface area contributed by atoms with E-state index < -0.39 is 6.10 Å². The third kappa shape index (κ3) is 51.7. The van der Waals surface area contributed by atoms with Crippen LogP contribution in [0.2, 0.25) is 0 Å². The second kappa shape index (κ2) is 53.5. The molecular weight excluding hydrogens is 805 g/mol. The highest BCUT2D eigenvalue weighted by atomic mass is 16.6. The Morgan fingerprint density at radius 1 is 0.323 bits per heavy atom. The van der Waals surface area contributed by atoms with Gasteiger partial charge in [0.1, 0.15) is 13.2 Å². The van der Waals surface area contributed by atoms with E-state index in [4.69, 9.17) is 14.2 Å². The summed E-state index contributed by atoms with van der Waals surface area (Å²) < 4.78 is 16.8. The number of ether oxygens (including phenoxy) is 3. The molecular formula is C59H102O6. The van der Waals surface area contributed by atoms with Crippen molar-refractivity contribution < 1.29 is 28.6 Å². The van der Waals surface area contributed by atoms with Crippen molar-refractivity contribution in [3.63, 3.8) is 0 Å². The number of allylic oxidation sites excluding steroid dienone is 12. The first-order chi connectivity index (χ1) is 32.0. The topological polar surface area (TPSA) is 78.9 Å². The summed E-state index contributed by atoms with van der Waals surface area (Å²) in [7, 11) is 0. The Hall–Kier alpha value is -3.15. The number of carbonyl (C=O) groups excluding carboxylic acids is 3. The van der Waals surface area contributed by atoms with Crippen molar-refractivity contribution >= 4 is 17.9 Å². The summed E-state index contributed by atoms with van der Waals surface area (Å²) in [5.74, 6) is -0.974. The molecule has 0 radical (unpaired) electrons. The number of rotatable bonds is 49. The van der Waals surface area contributed by atoms with Gasteiger partial charge in [-0.1, -0.05) is 261 Å². The van der Waals surface area contributed by atoms with E-state index in [0.717, 1.165) is 77.0 Å². The second-order valence-electron chi connectivity index (χ2n) is 18.1. The van der Waals surface area contributed by atoms with Crippen LogP contribution in [-0.4, -0.2) is 37.2 Å². The summed E-state index contributed by atoms with van der Waals surface area (Å²) in [6.45, 7) is 6.48. The van der Waals surface area contributed by atoms with Crippen LogP contribution in [0, 0.1) is 0 Å². The van der Waals surface area contributed by atoms with Gasteiger partial charge in [-0.05, 0) is 57.8 Å². The van der Waals surface area contributed by atoms with Gasteiger partial charge >= 0.3 is 17.9 Å². The van der Waals surface area contributed by atoms with Crippen LogP contribution in [0.5, 0.6) is 0 Å². The fourth-order valence-corrected chi connectivity index (χ4v) is 7.65. The van der Waals surface area contributed by atoms with Crippen molar-refractivity contribution in [2.45, 2.75) is 271 Å². The van der Waals surface area contributed by atoms with Crippen molar-refractivity contribution in [3.05, 3.63) is 72.9 Å². The third-order valence-electron chi connectivity index (χ3n) is 11.7. The lowest BCUT2D eigenvalue weighted by molar-refractivity contribution is -0.166. The van der Waals surface area contributed by atoms with E-state index in [0.29, 0.717) is 19.3 Å². The lowest BCUT2D eigenvalue weighted by atomic mass is 10.0. The standard InChI is InChI=1S/C59H102O6/c1-4-7-10-13-16-19-22-25-28-29-30-31-32-35-37-40-43-46-49-52-58(61)64-55-56(65-59(62)53-50-47-44-41-38-34-27-24-21-18-15-12-9-6-3)54-63-57(60)51-48-45-42-39-36-33-26-23-20-17-14-11-8-5-2/h7,10,16,19,25,28,30-31,35,37,43,46,56H,4-6,8-9,11-15,17-18,20-24,26-27,29,32-34,36,38-42,44-45,47-55H2,1-3H3/b10-7+,19-16+,28-25+,31-30+,37-35+,46-43+/t56-/m1/s1. The monoisotopic (exact) mass is 907 g/mol. The summed E-state index contributed by atoms with van der Waals surface area (Å²) in [6, 6.07) is 0. The quantitative estimate of drug-likeness (QED) is 0.0262. The Bertz CT molecular complexity index is 1230. The van der Waals surface area contributed by atoms with Crippen LogP contribution in [0.3, 0.4) is 0 Å². The average Bonchev–Trinajstić information content (AvgIpc) is 3.30. The first kappa shape index (κ1) is 61.9. The molecule has 65 heavy (non-hydrogen) atoms. The van der Waals surface area contributed by atoms with Gasteiger partial charge in [0.05, 0.1) is 0 Å². The van der Waals surface area contributed by atoms with E-state index in [1.54, 1.807) is 0 Å². The molecule has 0 aromatic carbocycles. The zero-order chi connectivity index (χ0) is 47.2. The molecule has 0 aromatic rings. The van der Waals surface area contributed by atoms with E-state index in [1.165, 1.54) is 141 Å². The predicted molar refractivity (Wildman–Crippen MR) is 279 cm³/mol. The van der Waals surface area contributed by atoms with Crippen LogP contribution in [-0.2, 0) is 28.6 Å². The van der Waals surface area contributed by atoms with Crippen LogP contribution >= 0.6 is 0 Å². The highest BCUT2D eigenvalue weighted by Crippen LogP contribution is 2.16. The zero-order valence-corrected chi connectivity index (χ0v) is 42.7. The van der Waals surface area contributed by atoms with Crippen molar-refractivity contribution in [2.75, 3.05) is 13.2 Å². The van der Waals surface area contributed by atoms with Crippen molar-refractivity contribution in [1.82, 2.24) is 0 Å². The molecule has 0 bridgehead atoms. The predicted octanol–water partition coefficient (Wildman–Crippen LogP) is 18.2. The van der Waals surface area contributed by atoms with Crippen LogP contribution in [0.25, 0.3) is 0 Å². The molecule has 0 amide bonds. The van der Waals surface area contributed by atoms with E-state index >= 15 is 0 Å². The molecule has 0 aliphatic heterocycles. The zero-order valence-electron chi connectivity index (χ0n) is 42.7. The maximum Gasteiger partial charge on any atom is 0.306 e. The highest BCUT2D eigenvalue weighted by Gasteiger charge is 2.19. The minimum Gasteiger partial charge on any atom is -0.462 e. The Balaban J connectivity index is 4.47. The molecule has 0 aromatic heterocycles. The van der Waals surface area contributed by atoms with Crippen LogP contribution in [0.1, 0.15) is 265 Å². The van der Waals surface area contributed by atoms with Crippen molar-refractivity contribution in [3.8, 4) is 0 Å². The van der Waals surface area contributed by atoms with E-state index in [1.807, 2.05) is 6.08 Å². The van der Waals surface area contributed by atoms with Crippen molar-refractivity contribution in [1.29, 1.82) is 0 Å². The van der Waals surface area contributed by atoms with Gasteiger partial charge in [0.2, 0.25) is 0 Å². The van der Waals surface area contributed by atoms with Gasteiger partial charge in [-0.3, -0.25) is 14.4 Å². The maximum absolute atomic E-state index is 12.8. The lowest BCUT2D eigenvalue weighted by Gasteiger charge is -2.18. The Morgan fingerprint density at radius 3 is 0.938 bits per heavy atom. The van der Waals surface area contributed by atoms with Gasteiger partial charge in [-0.15, -0.1) is 0 Å². The van der Waals surface area contributed by atoms with Gasteiger partial charge in [0.15, 0.2) is 6.10 Å². The molecule has 0 saturated heterocycles. The smallest absolute Gasteiger partial charge is 0.306 e. The number of hydrogen-bond donors (Lipinski definition) is 0. The fourth-order valence-electron chi connectivity index (χ4n) is 7.65. The Labute approximate surface area is 402 Å². The van der Waals surface area contributed by atoms with Gasteiger partial charge in [-0.25, -0.2) is 0 Å². The molecule has 0 aliphatic rings. The SMILES string of the molecule is CC/C=C/C/C=C/C/C=C/C/C=C/C/C=C/C/C=C/CCC(=O)OC[C@@H](COC(=O)CCCCCCCCCCCCCCCC)OC(=O)CCCCCCCCCCCCCCCC. The summed E-state index contributed by atoms with van der Waals surface area (Å²) >= 11 is 0. The number of unbranched alkanes of at least 4 members (excludes halogenated alkanes) is 26. The molecule has 6 nitrogen and oxygen atoms in total. The Kier molecular flexibility index (Phi) is 50.9. The summed E-state index contributed by atoms with van der Waals surface area (Å²) in [5, 5.41) is 0. The first-order valence-corrected chi connectivity index (χ1v) is 27.4. The lowest BCUT2D eigenvalue weighted by Crippen LogP contribution is -2.30. The molecule has 0 spiro atoms. The molecule has 374 valence electrons. The molecule has 0 fully saturated rings. The molecule has 0 unspecified atom stereocenters. The molecule has 0 rings (SSSR count). The third-order valence-corrected chi connectivity index (χ3v) is 11.7. The minimum absolute atomic E-state index is 0.0949. The second-order valence-corrected chi connectivity index (χ2v) is 18.1. The molecule has 1 atom stereocenters. The van der Waals surface area contributed by atoms with Crippen molar-refractivity contribution in [2.24, 2.45) is 0 Å². The molecule has 0 aliphatic carbocycles. The summed E-state index contributed by atoms with van der Waals surface area (Å²) in [5.41, 5.74) is 0. The van der Waals surface area contributed by atoms with Gasteiger partial charge < -0.3 is 14.2 Å². The van der Waals surface area contributed by atoms with Gasteiger partial charge in [0.25, 0.3) is 0 Å². The van der Waals surface area contributed by atoms with E-state index in [9.17, 15) is 14.4 Å². The van der Waals surface area contributed by atoms with Gasteiger partial charge in [0, 0.05) is 19.3 Å². The molecule has 0 heterocycles. The fraction of sp³-hybridized carbons (Fsp3) is 0.746. The average molecular weight is 907 g/mol. The first-order valence-electron chi connectivity index (χ1n) is 27.4. The maximum atomic E-state index is 12.8. The molecule has 6 heteroatoms. The minimum atomic E-state index is -0.802. The van der Waals surface area contributed by atoms with E-state index in [2.05, 4.69) is 87.6 Å². The van der Waals surface area contributed by atoms with Gasteiger partial charge in [-0.2, -0.15) is 0 Å².